The van der Waals surface area contributed by atoms with E-state index in [1.807, 2.05) is 0 Å². The molecule has 2 N–H and O–H groups in total. The predicted octanol–water partition coefficient (Wildman–Crippen LogP) is -0.0564. The molecule has 1 aliphatic carbocycles. The average Bonchev–Trinajstić information content (AvgIpc) is 3.06. The van der Waals surface area contributed by atoms with Gasteiger partial charge >= 0.3 is 0 Å². The predicted molar refractivity (Wildman–Crippen MR) is 60.7 cm³/mol. The molecule has 0 aromatic rings. The molecule has 98 valence electrons. The van der Waals surface area contributed by atoms with Gasteiger partial charge in [-0.3, -0.25) is 10.0 Å². The molecule has 17 heavy (non-hydrogen) atoms. The second kappa shape index (κ2) is 4.22. The summed E-state index contributed by atoms with van der Waals surface area (Å²) in [6.45, 7) is 2.31. The summed E-state index contributed by atoms with van der Waals surface area (Å²) in [7, 11) is -3.26. The lowest BCUT2D eigenvalue weighted by Crippen LogP contribution is -2.49. The van der Waals surface area contributed by atoms with Crippen molar-refractivity contribution in [2.24, 2.45) is 11.3 Å². The maximum atomic E-state index is 11.9. The highest BCUT2D eigenvalue weighted by Gasteiger charge is 2.51. The minimum atomic E-state index is -3.26. The Morgan fingerprint density at radius 2 is 2.18 bits per heavy atom. The van der Waals surface area contributed by atoms with E-state index in [9.17, 15) is 13.2 Å². The Labute approximate surface area is 101 Å². The highest BCUT2D eigenvalue weighted by Crippen LogP contribution is 2.53. The average molecular weight is 262 g/mol. The van der Waals surface area contributed by atoms with Gasteiger partial charge in [-0.25, -0.2) is 18.2 Å². The van der Waals surface area contributed by atoms with E-state index in [0.29, 0.717) is 13.0 Å². The molecule has 2 rings (SSSR count). The first-order valence-electron chi connectivity index (χ1n) is 5.84. The van der Waals surface area contributed by atoms with Gasteiger partial charge in [0.2, 0.25) is 15.9 Å². The van der Waals surface area contributed by atoms with Crippen LogP contribution in [-0.4, -0.2) is 42.7 Å². The van der Waals surface area contributed by atoms with Crippen LogP contribution in [-0.2, 0) is 14.8 Å². The van der Waals surface area contributed by atoms with Crippen molar-refractivity contribution in [2.45, 2.75) is 26.2 Å². The summed E-state index contributed by atoms with van der Waals surface area (Å²) in [5, 5.41) is 8.66. The zero-order chi connectivity index (χ0) is 12.7. The number of carbonyl (C=O) groups excluding carboxylic acids is 1. The van der Waals surface area contributed by atoms with E-state index in [2.05, 4.69) is 0 Å². The third-order valence-corrected chi connectivity index (χ3v) is 5.61. The molecule has 1 spiro atoms. The van der Waals surface area contributed by atoms with Crippen LogP contribution in [0.5, 0.6) is 0 Å². The van der Waals surface area contributed by atoms with Gasteiger partial charge in [0.05, 0.1) is 11.7 Å². The second-order valence-electron chi connectivity index (χ2n) is 5.07. The van der Waals surface area contributed by atoms with Crippen molar-refractivity contribution < 1.29 is 18.4 Å². The van der Waals surface area contributed by atoms with Crippen LogP contribution in [0.15, 0.2) is 0 Å². The van der Waals surface area contributed by atoms with Gasteiger partial charge < -0.3 is 0 Å². The minimum absolute atomic E-state index is 0.0162. The largest absolute Gasteiger partial charge is 0.289 e. The number of nitrogens with one attached hydrogen (secondary N) is 1. The van der Waals surface area contributed by atoms with Gasteiger partial charge in [0, 0.05) is 13.1 Å². The van der Waals surface area contributed by atoms with E-state index in [1.165, 1.54) is 4.31 Å². The molecule has 2 aliphatic rings. The molecule has 2 fully saturated rings. The molecule has 1 unspecified atom stereocenters. The fourth-order valence-electron chi connectivity index (χ4n) is 2.54. The summed E-state index contributed by atoms with van der Waals surface area (Å²) in [6.07, 6.45) is 2.62. The highest BCUT2D eigenvalue weighted by atomic mass is 32.2. The highest BCUT2D eigenvalue weighted by molar-refractivity contribution is 7.89. The molecular formula is C10H18N2O4S. The molecule has 0 bridgehead atoms. The monoisotopic (exact) mass is 262 g/mol. The number of hydrogen-bond donors (Lipinski definition) is 2. The molecule has 1 aliphatic heterocycles. The normalized spacial score (nSPS) is 28.0. The van der Waals surface area contributed by atoms with Crippen molar-refractivity contribution >= 4 is 15.9 Å². The number of amides is 1. The van der Waals surface area contributed by atoms with Crippen molar-refractivity contribution in [1.82, 2.24) is 9.79 Å². The lowest BCUT2D eigenvalue weighted by Gasteiger charge is -2.36. The summed E-state index contributed by atoms with van der Waals surface area (Å²) in [5.41, 5.74) is 1.61. The molecule has 1 heterocycles. The van der Waals surface area contributed by atoms with E-state index in [1.54, 1.807) is 12.4 Å². The lowest BCUT2D eigenvalue weighted by molar-refractivity contribution is -0.135. The van der Waals surface area contributed by atoms with Crippen LogP contribution in [0.4, 0.5) is 0 Å². The number of hydroxylamine groups is 1. The topological polar surface area (TPSA) is 86.7 Å². The maximum absolute atomic E-state index is 11.9. The van der Waals surface area contributed by atoms with Crippen molar-refractivity contribution in [3.63, 3.8) is 0 Å². The van der Waals surface area contributed by atoms with Gasteiger partial charge in [0.15, 0.2) is 0 Å². The molecule has 1 saturated heterocycles. The third kappa shape index (κ3) is 2.46. The SMILES string of the molecule is CCS(=O)(=O)N1CC(C(=O)NO)CC2(CC2)C1. The number of rotatable bonds is 3. The standard InChI is InChI=1S/C10H18N2O4S/c1-2-17(15,16)12-6-8(9(13)11-14)5-10(7-12)3-4-10/h8,14H,2-7H2,1H3,(H,11,13). The van der Waals surface area contributed by atoms with Crippen LogP contribution < -0.4 is 5.48 Å². The van der Waals surface area contributed by atoms with Crippen molar-refractivity contribution in [2.75, 3.05) is 18.8 Å². The molecule has 7 heteroatoms. The molecule has 6 nitrogen and oxygen atoms in total. The Balaban J connectivity index is 2.17. The fourth-order valence-corrected chi connectivity index (χ4v) is 3.78. The number of piperidine rings is 1. The summed E-state index contributed by atoms with van der Waals surface area (Å²) in [4.78, 5) is 11.5. The fraction of sp³-hybridized carbons (Fsp3) is 0.900. The number of carbonyl (C=O) groups is 1. The number of hydrogen-bond acceptors (Lipinski definition) is 4. The zero-order valence-electron chi connectivity index (χ0n) is 9.85. The van der Waals surface area contributed by atoms with Crippen LogP contribution in [0.3, 0.4) is 0 Å². The van der Waals surface area contributed by atoms with Crippen LogP contribution >= 0.6 is 0 Å². The number of nitrogens with zero attached hydrogens (tertiary/aromatic N) is 1. The third-order valence-electron chi connectivity index (χ3n) is 3.81. The Bertz CT molecular complexity index is 416. The van der Waals surface area contributed by atoms with E-state index in [4.69, 9.17) is 5.21 Å². The summed E-state index contributed by atoms with van der Waals surface area (Å²) >= 11 is 0. The molecular weight excluding hydrogens is 244 g/mol. The van der Waals surface area contributed by atoms with Crippen LogP contribution in [0, 0.1) is 11.3 Å². The second-order valence-corrected chi connectivity index (χ2v) is 7.33. The lowest BCUT2D eigenvalue weighted by atomic mass is 9.87. The Hall–Kier alpha value is -0.660. The van der Waals surface area contributed by atoms with E-state index < -0.39 is 21.8 Å². The smallest absolute Gasteiger partial charge is 0.247 e. The molecule has 0 radical (unpaired) electrons. The Kier molecular flexibility index (Phi) is 3.17. The Morgan fingerprint density at radius 1 is 1.53 bits per heavy atom. The molecule has 1 saturated carbocycles. The van der Waals surface area contributed by atoms with Gasteiger partial charge in [-0.05, 0) is 31.6 Å². The summed E-state index contributed by atoms with van der Waals surface area (Å²) in [5.74, 6) is -0.860. The molecule has 1 atom stereocenters. The molecule has 1 amide bonds. The van der Waals surface area contributed by atoms with Crippen molar-refractivity contribution in [1.29, 1.82) is 0 Å². The van der Waals surface area contributed by atoms with Gasteiger partial charge in [0.1, 0.15) is 0 Å². The van der Waals surface area contributed by atoms with Gasteiger partial charge in [-0.2, -0.15) is 0 Å². The summed E-state index contributed by atoms with van der Waals surface area (Å²) < 4.78 is 25.1. The molecule has 0 aromatic heterocycles. The van der Waals surface area contributed by atoms with E-state index in [0.717, 1.165) is 12.8 Å². The first kappa shape index (κ1) is 12.8. The van der Waals surface area contributed by atoms with Gasteiger partial charge in [-0.15, -0.1) is 0 Å². The van der Waals surface area contributed by atoms with E-state index in [-0.39, 0.29) is 17.7 Å². The van der Waals surface area contributed by atoms with Gasteiger partial charge in [-0.1, -0.05) is 0 Å². The zero-order valence-corrected chi connectivity index (χ0v) is 10.7. The van der Waals surface area contributed by atoms with Crippen LogP contribution in [0.2, 0.25) is 0 Å². The van der Waals surface area contributed by atoms with Crippen molar-refractivity contribution in [3.05, 3.63) is 0 Å². The van der Waals surface area contributed by atoms with Crippen LogP contribution in [0.1, 0.15) is 26.2 Å². The minimum Gasteiger partial charge on any atom is -0.289 e. The maximum Gasteiger partial charge on any atom is 0.247 e. The van der Waals surface area contributed by atoms with Crippen LogP contribution in [0.25, 0.3) is 0 Å². The first-order chi connectivity index (χ1) is 7.92. The quantitative estimate of drug-likeness (QED) is 0.551. The number of sulfonamides is 1. The van der Waals surface area contributed by atoms with E-state index >= 15 is 0 Å². The summed E-state index contributed by atoms with van der Waals surface area (Å²) in [6, 6.07) is 0. The van der Waals surface area contributed by atoms with Crippen molar-refractivity contribution in [3.8, 4) is 0 Å². The molecule has 0 aromatic carbocycles. The first-order valence-corrected chi connectivity index (χ1v) is 7.45. The van der Waals surface area contributed by atoms with Gasteiger partial charge in [0.25, 0.3) is 0 Å². The Morgan fingerprint density at radius 3 is 2.65 bits per heavy atom.